The van der Waals surface area contributed by atoms with Crippen LogP contribution in [0.3, 0.4) is 0 Å². The van der Waals surface area contributed by atoms with Gasteiger partial charge in [0.15, 0.2) is 0 Å². The van der Waals surface area contributed by atoms with Crippen molar-refractivity contribution in [1.82, 2.24) is 0 Å². The van der Waals surface area contributed by atoms with Crippen LogP contribution in [0.2, 0.25) is 5.02 Å². The highest BCUT2D eigenvalue weighted by Crippen LogP contribution is 2.35. The zero-order chi connectivity index (χ0) is 12.5. The molecule has 0 N–H and O–H groups in total. The van der Waals surface area contributed by atoms with Crippen LogP contribution in [0, 0.1) is 5.92 Å². The molecule has 1 nitrogen and oxygen atoms in total. The first-order valence-electron chi connectivity index (χ1n) is 5.46. The summed E-state index contributed by atoms with van der Waals surface area (Å²) in [6, 6.07) is 3.14. The van der Waals surface area contributed by atoms with Gasteiger partial charge in [0.05, 0.1) is 17.2 Å². The van der Waals surface area contributed by atoms with Crippen molar-refractivity contribution in [3.63, 3.8) is 0 Å². The van der Waals surface area contributed by atoms with Crippen LogP contribution < -0.4 is 4.74 Å². The molecule has 0 unspecified atom stereocenters. The van der Waals surface area contributed by atoms with Gasteiger partial charge >= 0.3 is 6.18 Å². The molecule has 0 aliphatic heterocycles. The Balaban J connectivity index is 2.08. The maximum Gasteiger partial charge on any atom is 0.416 e. The Kier molecular flexibility index (Phi) is 3.52. The smallest absolute Gasteiger partial charge is 0.416 e. The van der Waals surface area contributed by atoms with Crippen molar-refractivity contribution in [2.45, 2.75) is 25.4 Å². The third kappa shape index (κ3) is 3.06. The molecule has 1 aliphatic rings. The topological polar surface area (TPSA) is 9.23 Å². The molecule has 17 heavy (non-hydrogen) atoms. The fourth-order valence-electron chi connectivity index (χ4n) is 1.66. The highest BCUT2D eigenvalue weighted by Gasteiger charge is 2.31. The molecule has 0 amide bonds. The van der Waals surface area contributed by atoms with Crippen LogP contribution in [0.4, 0.5) is 13.2 Å². The summed E-state index contributed by atoms with van der Waals surface area (Å²) >= 11 is 5.80. The predicted octanol–water partition coefficient (Wildman–Crippen LogP) is 4.54. The van der Waals surface area contributed by atoms with Crippen molar-refractivity contribution < 1.29 is 17.9 Å². The lowest BCUT2D eigenvalue weighted by atomic mass is 9.86. The lowest BCUT2D eigenvalue weighted by Crippen LogP contribution is -2.19. The van der Waals surface area contributed by atoms with Crippen molar-refractivity contribution in [2.75, 3.05) is 6.61 Å². The maximum atomic E-state index is 12.5. The van der Waals surface area contributed by atoms with Gasteiger partial charge in [-0.2, -0.15) is 13.2 Å². The van der Waals surface area contributed by atoms with Crippen molar-refractivity contribution in [3.05, 3.63) is 28.8 Å². The van der Waals surface area contributed by atoms with Crippen LogP contribution in [-0.4, -0.2) is 6.61 Å². The molecule has 1 aliphatic carbocycles. The van der Waals surface area contributed by atoms with Crippen LogP contribution in [0.5, 0.6) is 5.75 Å². The first-order valence-corrected chi connectivity index (χ1v) is 5.84. The van der Waals surface area contributed by atoms with Crippen molar-refractivity contribution >= 4 is 11.6 Å². The lowest BCUT2D eigenvalue weighted by Gasteiger charge is -2.25. The first-order chi connectivity index (χ1) is 7.97. The largest absolute Gasteiger partial charge is 0.492 e. The van der Waals surface area contributed by atoms with E-state index in [1.54, 1.807) is 0 Å². The minimum atomic E-state index is -4.36. The zero-order valence-corrected chi connectivity index (χ0v) is 9.81. The molecule has 0 radical (unpaired) electrons. The Morgan fingerprint density at radius 3 is 2.53 bits per heavy atom. The second kappa shape index (κ2) is 4.77. The average molecular weight is 265 g/mol. The van der Waals surface area contributed by atoms with Crippen LogP contribution in [-0.2, 0) is 6.18 Å². The molecule has 0 spiro atoms. The van der Waals surface area contributed by atoms with Gasteiger partial charge in [0.25, 0.3) is 0 Å². The average Bonchev–Trinajstić information content (AvgIpc) is 2.16. The molecule has 1 aromatic carbocycles. The van der Waals surface area contributed by atoms with Crippen LogP contribution in [0.1, 0.15) is 24.8 Å². The number of ether oxygens (including phenoxy) is 1. The van der Waals surface area contributed by atoms with Gasteiger partial charge in [0.1, 0.15) is 5.75 Å². The summed E-state index contributed by atoms with van der Waals surface area (Å²) in [6.45, 7) is 0.445. The first kappa shape index (κ1) is 12.6. The molecule has 94 valence electrons. The third-order valence-electron chi connectivity index (χ3n) is 2.96. The molecule has 0 saturated heterocycles. The van der Waals surface area contributed by atoms with E-state index in [9.17, 15) is 13.2 Å². The molecule has 1 aromatic rings. The van der Waals surface area contributed by atoms with E-state index in [1.165, 1.54) is 12.5 Å². The Morgan fingerprint density at radius 2 is 2.00 bits per heavy atom. The fraction of sp³-hybridized carbons (Fsp3) is 0.500. The van der Waals surface area contributed by atoms with E-state index in [4.69, 9.17) is 16.3 Å². The van der Waals surface area contributed by atoms with Gasteiger partial charge in [-0.1, -0.05) is 18.0 Å². The van der Waals surface area contributed by atoms with Crippen molar-refractivity contribution in [3.8, 4) is 5.75 Å². The molecule has 0 atom stereocenters. The summed E-state index contributed by atoms with van der Waals surface area (Å²) in [5.41, 5.74) is -0.731. The Bertz CT molecular complexity index is 399. The van der Waals surface area contributed by atoms with Crippen LogP contribution >= 0.6 is 11.6 Å². The van der Waals surface area contributed by atoms with E-state index in [0.29, 0.717) is 12.5 Å². The summed E-state index contributed by atoms with van der Waals surface area (Å²) in [4.78, 5) is 0. The van der Waals surface area contributed by atoms with E-state index in [2.05, 4.69) is 0 Å². The molecule has 5 heteroatoms. The number of hydrogen-bond donors (Lipinski definition) is 0. The van der Waals surface area contributed by atoms with Gasteiger partial charge in [0.2, 0.25) is 0 Å². The molecular weight excluding hydrogens is 253 g/mol. The van der Waals surface area contributed by atoms with E-state index in [0.717, 1.165) is 25.0 Å². The second-order valence-electron chi connectivity index (χ2n) is 4.25. The van der Waals surface area contributed by atoms with Gasteiger partial charge < -0.3 is 4.74 Å². The van der Waals surface area contributed by atoms with E-state index in [1.807, 2.05) is 0 Å². The maximum absolute atomic E-state index is 12.5. The zero-order valence-electron chi connectivity index (χ0n) is 9.06. The quantitative estimate of drug-likeness (QED) is 0.779. The van der Waals surface area contributed by atoms with E-state index >= 15 is 0 Å². The SMILES string of the molecule is FC(F)(F)c1ccc(Cl)c(OCC2CCC2)c1. The molecule has 1 saturated carbocycles. The molecule has 2 rings (SSSR count). The minimum absolute atomic E-state index is 0.119. The fourth-order valence-corrected chi connectivity index (χ4v) is 1.83. The summed E-state index contributed by atoms with van der Waals surface area (Å²) in [6.07, 6.45) is -1.03. The van der Waals surface area contributed by atoms with Crippen molar-refractivity contribution in [2.24, 2.45) is 5.92 Å². The Hall–Kier alpha value is -0.900. The number of alkyl halides is 3. The third-order valence-corrected chi connectivity index (χ3v) is 3.27. The number of halogens is 4. The number of benzene rings is 1. The monoisotopic (exact) mass is 264 g/mol. The molecule has 1 fully saturated rings. The Morgan fingerprint density at radius 1 is 1.29 bits per heavy atom. The summed E-state index contributed by atoms with van der Waals surface area (Å²) < 4.78 is 42.8. The number of rotatable bonds is 3. The van der Waals surface area contributed by atoms with E-state index in [-0.39, 0.29) is 10.8 Å². The lowest BCUT2D eigenvalue weighted by molar-refractivity contribution is -0.137. The van der Waals surface area contributed by atoms with Gasteiger partial charge in [-0.15, -0.1) is 0 Å². The van der Waals surface area contributed by atoms with Gasteiger partial charge in [0, 0.05) is 0 Å². The molecule has 0 bridgehead atoms. The highest BCUT2D eigenvalue weighted by atomic mass is 35.5. The molecule has 0 heterocycles. The second-order valence-corrected chi connectivity index (χ2v) is 4.66. The highest BCUT2D eigenvalue weighted by molar-refractivity contribution is 6.32. The standard InChI is InChI=1S/C12H12ClF3O/c13-10-5-4-9(12(14,15)16)6-11(10)17-7-8-2-1-3-8/h4-6,8H,1-3,7H2. The minimum Gasteiger partial charge on any atom is -0.492 e. The van der Waals surface area contributed by atoms with Crippen LogP contribution in [0.15, 0.2) is 18.2 Å². The predicted molar refractivity (Wildman–Crippen MR) is 59.3 cm³/mol. The van der Waals surface area contributed by atoms with Gasteiger partial charge in [-0.3, -0.25) is 0 Å². The Labute approximate surface area is 103 Å². The van der Waals surface area contributed by atoms with E-state index < -0.39 is 11.7 Å². The van der Waals surface area contributed by atoms with Gasteiger partial charge in [-0.05, 0) is 37.0 Å². The number of hydrogen-bond acceptors (Lipinski definition) is 1. The van der Waals surface area contributed by atoms with Crippen molar-refractivity contribution in [1.29, 1.82) is 0 Å². The van der Waals surface area contributed by atoms with Gasteiger partial charge in [-0.25, -0.2) is 0 Å². The normalized spacial score (nSPS) is 16.7. The summed E-state index contributed by atoms with van der Waals surface area (Å²) in [5, 5.41) is 0.220. The summed E-state index contributed by atoms with van der Waals surface area (Å²) in [7, 11) is 0. The summed E-state index contributed by atoms with van der Waals surface area (Å²) in [5.74, 6) is 0.578. The van der Waals surface area contributed by atoms with Crippen LogP contribution in [0.25, 0.3) is 0 Å². The molecule has 0 aromatic heterocycles. The molecular formula is C12H12ClF3O.